The normalized spacial score (nSPS) is 15.9. The van der Waals surface area contributed by atoms with Gasteiger partial charge in [-0.1, -0.05) is 0 Å². The van der Waals surface area contributed by atoms with Crippen molar-refractivity contribution >= 4 is 23.5 Å². The number of rotatable bonds is 5. The minimum absolute atomic E-state index is 0.0293. The quantitative estimate of drug-likeness (QED) is 0.855. The van der Waals surface area contributed by atoms with Crippen molar-refractivity contribution in [3.8, 4) is 0 Å². The first-order chi connectivity index (χ1) is 9.69. The second-order valence-corrected chi connectivity index (χ2v) is 6.07. The van der Waals surface area contributed by atoms with E-state index in [2.05, 4.69) is 20.5 Å². The van der Waals surface area contributed by atoms with Gasteiger partial charge in [0.05, 0.1) is 0 Å². The van der Waals surface area contributed by atoms with Crippen LogP contribution in [0.5, 0.6) is 0 Å². The number of anilines is 1. The van der Waals surface area contributed by atoms with Crippen molar-refractivity contribution in [1.82, 2.24) is 15.2 Å². The van der Waals surface area contributed by atoms with E-state index in [4.69, 9.17) is 0 Å². The second-order valence-electron chi connectivity index (χ2n) is 4.84. The van der Waals surface area contributed by atoms with Crippen molar-refractivity contribution < 1.29 is 4.79 Å². The van der Waals surface area contributed by atoms with Crippen molar-refractivity contribution in [3.05, 3.63) is 23.4 Å². The molecule has 0 radical (unpaired) electrons. The number of hydrogen-bond acceptors (Lipinski definition) is 5. The largest absolute Gasteiger partial charge is 0.373 e. The summed E-state index contributed by atoms with van der Waals surface area (Å²) in [6, 6.07) is 3.59. The molecular formula is C14H22N4OS. The van der Waals surface area contributed by atoms with Crippen molar-refractivity contribution in [3.63, 3.8) is 0 Å². The molecule has 1 aliphatic rings. The number of carbonyl (C=O) groups is 1. The van der Waals surface area contributed by atoms with Gasteiger partial charge in [0.1, 0.15) is 5.82 Å². The Labute approximate surface area is 124 Å². The molecule has 20 heavy (non-hydrogen) atoms. The van der Waals surface area contributed by atoms with Gasteiger partial charge in [0.15, 0.2) is 0 Å². The van der Waals surface area contributed by atoms with E-state index >= 15 is 0 Å². The van der Waals surface area contributed by atoms with Crippen LogP contribution >= 0.6 is 11.8 Å². The van der Waals surface area contributed by atoms with Crippen LogP contribution in [-0.4, -0.2) is 60.5 Å². The highest BCUT2D eigenvalue weighted by Gasteiger charge is 2.11. The molecule has 110 valence electrons. The van der Waals surface area contributed by atoms with E-state index in [1.807, 2.05) is 24.8 Å². The molecule has 0 saturated carbocycles. The Kier molecular flexibility index (Phi) is 5.67. The van der Waals surface area contributed by atoms with Crippen molar-refractivity contribution in [1.29, 1.82) is 0 Å². The summed E-state index contributed by atoms with van der Waals surface area (Å²) in [5.74, 6) is 3.09. The van der Waals surface area contributed by atoms with Crippen LogP contribution in [0, 0.1) is 6.92 Å². The van der Waals surface area contributed by atoms with Gasteiger partial charge in [-0.3, -0.25) is 9.69 Å². The van der Waals surface area contributed by atoms with Gasteiger partial charge in [0.25, 0.3) is 5.91 Å². The Morgan fingerprint density at radius 2 is 2.15 bits per heavy atom. The highest BCUT2D eigenvalue weighted by Crippen LogP contribution is 2.10. The van der Waals surface area contributed by atoms with E-state index in [1.165, 1.54) is 11.5 Å². The number of aryl methyl sites for hydroxylation is 1. The molecule has 0 aromatic carbocycles. The summed E-state index contributed by atoms with van der Waals surface area (Å²) in [6.45, 7) is 5.76. The fraction of sp³-hybridized carbons (Fsp3) is 0.571. The van der Waals surface area contributed by atoms with Crippen LogP contribution in [0.3, 0.4) is 0 Å². The molecule has 1 aromatic heterocycles. The molecule has 2 N–H and O–H groups in total. The summed E-state index contributed by atoms with van der Waals surface area (Å²) in [5, 5.41) is 5.95. The van der Waals surface area contributed by atoms with E-state index in [0.717, 1.165) is 31.1 Å². The molecule has 0 atom stereocenters. The molecule has 1 fully saturated rings. The zero-order valence-electron chi connectivity index (χ0n) is 12.1. The minimum Gasteiger partial charge on any atom is -0.373 e. The monoisotopic (exact) mass is 294 g/mol. The second kappa shape index (κ2) is 7.50. The summed E-state index contributed by atoms with van der Waals surface area (Å²) < 4.78 is 0. The SMILES string of the molecule is CNc1cc(C(=O)NCCN2CCSCC2)cc(C)n1. The number of thioether (sulfide) groups is 1. The molecule has 2 heterocycles. The lowest BCUT2D eigenvalue weighted by Crippen LogP contribution is -2.39. The maximum absolute atomic E-state index is 12.1. The van der Waals surface area contributed by atoms with Crippen LogP contribution < -0.4 is 10.6 Å². The van der Waals surface area contributed by atoms with Crippen LogP contribution in [0.1, 0.15) is 16.1 Å². The third-order valence-corrected chi connectivity index (χ3v) is 4.23. The molecule has 1 saturated heterocycles. The van der Waals surface area contributed by atoms with Gasteiger partial charge in [0.2, 0.25) is 0 Å². The van der Waals surface area contributed by atoms with Gasteiger partial charge >= 0.3 is 0 Å². The van der Waals surface area contributed by atoms with Crippen molar-refractivity contribution in [2.24, 2.45) is 0 Å². The molecule has 5 nitrogen and oxygen atoms in total. The Morgan fingerprint density at radius 3 is 2.85 bits per heavy atom. The van der Waals surface area contributed by atoms with Crippen LogP contribution in [0.25, 0.3) is 0 Å². The summed E-state index contributed by atoms with van der Waals surface area (Å²) in [7, 11) is 1.80. The number of nitrogens with zero attached hydrogens (tertiary/aromatic N) is 2. The van der Waals surface area contributed by atoms with E-state index in [0.29, 0.717) is 12.1 Å². The van der Waals surface area contributed by atoms with Gasteiger partial charge in [-0.15, -0.1) is 0 Å². The third kappa shape index (κ3) is 4.38. The van der Waals surface area contributed by atoms with Crippen molar-refractivity contribution in [2.75, 3.05) is 50.0 Å². The van der Waals surface area contributed by atoms with E-state index < -0.39 is 0 Å². The minimum atomic E-state index is -0.0293. The number of amides is 1. The van der Waals surface area contributed by atoms with Gasteiger partial charge in [0, 0.05) is 56.0 Å². The van der Waals surface area contributed by atoms with Gasteiger partial charge < -0.3 is 10.6 Å². The molecule has 1 amide bonds. The predicted molar refractivity (Wildman–Crippen MR) is 84.6 cm³/mol. The van der Waals surface area contributed by atoms with E-state index in [9.17, 15) is 4.79 Å². The molecule has 0 spiro atoms. The Bertz CT molecular complexity index is 460. The Hall–Kier alpha value is -1.27. The first kappa shape index (κ1) is 15.1. The van der Waals surface area contributed by atoms with Crippen LogP contribution in [0.2, 0.25) is 0 Å². The number of hydrogen-bond donors (Lipinski definition) is 2. The van der Waals surface area contributed by atoms with Crippen molar-refractivity contribution in [2.45, 2.75) is 6.92 Å². The number of pyridine rings is 1. The molecule has 6 heteroatoms. The molecule has 1 aromatic rings. The standard InChI is InChI=1S/C14H22N4OS/c1-11-9-12(10-13(15-2)17-11)14(19)16-3-4-18-5-7-20-8-6-18/h9-10H,3-8H2,1-2H3,(H,15,17)(H,16,19). The zero-order chi connectivity index (χ0) is 14.4. The third-order valence-electron chi connectivity index (χ3n) is 3.29. The zero-order valence-corrected chi connectivity index (χ0v) is 12.9. The van der Waals surface area contributed by atoms with E-state index in [1.54, 1.807) is 13.1 Å². The summed E-state index contributed by atoms with van der Waals surface area (Å²) in [6.07, 6.45) is 0. The first-order valence-electron chi connectivity index (χ1n) is 6.94. The average molecular weight is 294 g/mol. The van der Waals surface area contributed by atoms with Gasteiger partial charge in [-0.25, -0.2) is 4.98 Å². The smallest absolute Gasteiger partial charge is 0.251 e. The average Bonchev–Trinajstić information content (AvgIpc) is 2.47. The molecular weight excluding hydrogens is 272 g/mol. The molecule has 0 unspecified atom stereocenters. The highest BCUT2D eigenvalue weighted by atomic mass is 32.2. The summed E-state index contributed by atoms with van der Waals surface area (Å²) in [5.41, 5.74) is 1.51. The van der Waals surface area contributed by atoms with E-state index in [-0.39, 0.29) is 5.91 Å². The predicted octanol–water partition coefficient (Wildman–Crippen LogP) is 1.21. The fourth-order valence-corrected chi connectivity index (χ4v) is 3.16. The number of nitrogens with one attached hydrogen (secondary N) is 2. The molecule has 1 aliphatic heterocycles. The Balaban J connectivity index is 1.83. The molecule has 0 bridgehead atoms. The lowest BCUT2D eigenvalue weighted by molar-refractivity contribution is 0.0949. The van der Waals surface area contributed by atoms with Crippen LogP contribution in [0.15, 0.2) is 12.1 Å². The van der Waals surface area contributed by atoms with Gasteiger partial charge in [-0.05, 0) is 19.1 Å². The summed E-state index contributed by atoms with van der Waals surface area (Å²) in [4.78, 5) is 18.8. The lowest BCUT2D eigenvalue weighted by Gasteiger charge is -2.26. The fourth-order valence-electron chi connectivity index (χ4n) is 2.18. The molecule has 0 aliphatic carbocycles. The molecule has 2 rings (SSSR count). The summed E-state index contributed by atoms with van der Waals surface area (Å²) >= 11 is 2.00. The maximum Gasteiger partial charge on any atom is 0.251 e. The topological polar surface area (TPSA) is 57.3 Å². The highest BCUT2D eigenvalue weighted by molar-refractivity contribution is 7.99. The van der Waals surface area contributed by atoms with Gasteiger partial charge in [-0.2, -0.15) is 11.8 Å². The van der Waals surface area contributed by atoms with Crippen LogP contribution in [-0.2, 0) is 0 Å². The maximum atomic E-state index is 12.1. The number of carbonyl (C=O) groups excluding carboxylic acids is 1. The van der Waals surface area contributed by atoms with Crippen LogP contribution in [0.4, 0.5) is 5.82 Å². The first-order valence-corrected chi connectivity index (χ1v) is 8.09. The lowest BCUT2D eigenvalue weighted by atomic mass is 10.2. The number of aromatic nitrogens is 1. The Morgan fingerprint density at radius 1 is 1.40 bits per heavy atom.